The molecule has 5 aliphatic heterocycles. The van der Waals surface area contributed by atoms with Gasteiger partial charge in [0.25, 0.3) is 5.91 Å². The van der Waals surface area contributed by atoms with Gasteiger partial charge >= 0.3 is 24.3 Å². The predicted octanol–water partition coefficient (Wildman–Crippen LogP) is 5.57. The van der Waals surface area contributed by atoms with E-state index in [1.807, 2.05) is 24.3 Å². The standard InChI is InChI=1S/C44H60ClF3N8O6/c45-36-29-31(28-35(40(36)49)44(46,47)48)30-38(62-43(60)55-19-11-34(12-20-55)56-21-8-32-6-2-3-7-37(32)50-42(56)59)41(58)54-24-22-53(23-25-54)33-9-16-52(17-10-33)18-13-39(57)61-27-26-51-14-4-1-5-15-51/h2-3,6-7,28-29,33-34,38H,1,4-5,8-27,30,49H2,(H,50,59)/t38-/m1/s1. The fourth-order valence-corrected chi connectivity index (χ4v) is 9.77. The summed E-state index contributed by atoms with van der Waals surface area (Å²) in [5.74, 6) is -0.655. The van der Waals surface area contributed by atoms with Crippen LogP contribution in [0.25, 0.3) is 0 Å². The molecule has 2 aromatic carbocycles. The van der Waals surface area contributed by atoms with Crippen molar-refractivity contribution >= 4 is 47.0 Å². The molecular formula is C44H60ClF3N8O6. The van der Waals surface area contributed by atoms with Crippen molar-refractivity contribution in [1.82, 2.24) is 29.4 Å². The first-order valence-electron chi connectivity index (χ1n) is 22.2. The number of likely N-dealkylation sites (tertiary alicyclic amines) is 3. The molecule has 0 radical (unpaired) electrons. The van der Waals surface area contributed by atoms with Crippen LogP contribution >= 0.6 is 11.6 Å². The minimum Gasteiger partial charge on any atom is -0.464 e. The number of nitrogens with two attached hydrogens (primary N) is 1. The van der Waals surface area contributed by atoms with E-state index in [9.17, 15) is 32.3 Å². The van der Waals surface area contributed by atoms with Crippen molar-refractivity contribution in [1.29, 1.82) is 0 Å². The maximum absolute atomic E-state index is 14.2. The third-order valence-electron chi connectivity index (χ3n) is 13.2. The number of hydrogen-bond acceptors (Lipinski definition) is 10. The Hall–Kier alpha value is -4.32. The average Bonchev–Trinajstić information content (AvgIpc) is 3.44. The van der Waals surface area contributed by atoms with Crippen LogP contribution < -0.4 is 11.1 Å². The van der Waals surface area contributed by atoms with E-state index >= 15 is 0 Å². The van der Waals surface area contributed by atoms with Crippen LogP contribution in [-0.2, 0) is 38.1 Å². The van der Waals surface area contributed by atoms with Crippen molar-refractivity contribution < 1.29 is 41.8 Å². The molecule has 2 aromatic rings. The lowest BCUT2D eigenvalue weighted by Gasteiger charge is -2.43. The molecule has 18 heteroatoms. The Balaban J connectivity index is 0.911. The van der Waals surface area contributed by atoms with Gasteiger partial charge in [-0.25, -0.2) is 9.59 Å². The number of esters is 1. The van der Waals surface area contributed by atoms with E-state index in [0.717, 1.165) is 62.9 Å². The Labute approximate surface area is 366 Å². The van der Waals surface area contributed by atoms with Crippen LogP contribution in [0, 0.1) is 0 Å². The van der Waals surface area contributed by atoms with Gasteiger partial charge in [-0.05, 0) is 100 Å². The summed E-state index contributed by atoms with van der Waals surface area (Å²) in [5.41, 5.74) is 5.86. The number of para-hydroxylation sites is 1. The maximum Gasteiger partial charge on any atom is 0.418 e. The molecule has 0 aliphatic carbocycles. The van der Waals surface area contributed by atoms with Crippen molar-refractivity contribution in [3.63, 3.8) is 0 Å². The maximum atomic E-state index is 14.2. The van der Waals surface area contributed by atoms with E-state index in [1.54, 1.807) is 9.80 Å². The summed E-state index contributed by atoms with van der Waals surface area (Å²) in [6, 6.07) is 9.81. The molecule has 5 aliphatic rings. The highest BCUT2D eigenvalue weighted by Gasteiger charge is 2.38. The van der Waals surface area contributed by atoms with Crippen molar-refractivity contribution in [2.24, 2.45) is 0 Å². The Bertz CT molecular complexity index is 1880. The molecule has 4 amide bonds. The molecular weight excluding hydrogens is 829 g/mol. The topological polar surface area (TPSA) is 144 Å². The van der Waals surface area contributed by atoms with Gasteiger partial charge in [0.05, 0.1) is 22.7 Å². The van der Waals surface area contributed by atoms with Gasteiger partial charge in [-0.3, -0.25) is 19.4 Å². The smallest absolute Gasteiger partial charge is 0.418 e. The van der Waals surface area contributed by atoms with E-state index in [2.05, 4.69) is 20.0 Å². The monoisotopic (exact) mass is 888 g/mol. The predicted molar refractivity (Wildman–Crippen MR) is 229 cm³/mol. The number of rotatable bonds is 12. The lowest BCUT2D eigenvalue weighted by atomic mass is 10.0. The van der Waals surface area contributed by atoms with Crippen LogP contribution in [0.15, 0.2) is 36.4 Å². The van der Waals surface area contributed by atoms with Gasteiger partial charge < -0.3 is 40.1 Å². The number of nitrogens with one attached hydrogen (secondary N) is 1. The second-order valence-electron chi connectivity index (χ2n) is 17.2. The number of halogens is 4. The Kier molecular flexibility index (Phi) is 15.4. The Morgan fingerprint density at radius 1 is 0.823 bits per heavy atom. The average molecular weight is 889 g/mol. The van der Waals surface area contributed by atoms with Gasteiger partial charge in [0.2, 0.25) is 0 Å². The fourth-order valence-electron chi connectivity index (χ4n) is 9.53. The summed E-state index contributed by atoms with van der Waals surface area (Å²) in [6.07, 6.45) is 0.280. The fraction of sp³-hybridized carbons (Fsp3) is 0.636. The number of nitrogen functional groups attached to an aromatic ring is 1. The molecule has 0 spiro atoms. The van der Waals surface area contributed by atoms with Crippen molar-refractivity contribution in [3.8, 4) is 0 Å². The number of hydrogen-bond donors (Lipinski definition) is 2. The highest BCUT2D eigenvalue weighted by atomic mass is 35.5. The lowest BCUT2D eigenvalue weighted by molar-refractivity contribution is -0.145. The molecule has 0 bridgehead atoms. The molecule has 0 unspecified atom stereocenters. The largest absolute Gasteiger partial charge is 0.464 e. The molecule has 340 valence electrons. The van der Waals surface area contributed by atoms with Crippen molar-refractivity contribution in [3.05, 3.63) is 58.1 Å². The SMILES string of the molecule is Nc1c(Cl)cc(C[C@@H](OC(=O)N2CCC(N3CCc4ccccc4NC3=O)CC2)C(=O)N2CCN(C3CCN(CCC(=O)OCCN4CCCCC4)CC3)CC2)cc1C(F)(F)F. The second-order valence-corrected chi connectivity index (χ2v) is 17.6. The Morgan fingerprint density at radius 2 is 1.50 bits per heavy atom. The summed E-state index contributed by atoms with van der Waals surface area (Å²) in [5, 5.41) is 2.69. The first-order valence-corrected chi connectivity index (χ1v) is 22.6. The number of anilines is 2. The number of fused-ring (bicyclic) bond motifs is 1. The molecule has 0 saturated carbocycles. The molecule has 4 saturated heterocycles. The minimum absolute atomic E-state index is 0.0608. The van der Waals surface area contributed by atoms with Crippen LogP contribution in [0.2, 0.25) is 5.02 Å². The molecule has 5 heterocycles. The third kappa shape index (κ3) is 11.8. The minimum atomic E-state index is -4.79. The van der Waals surface area contributed by atoms with Crippen molar-refractivity contribution in [2.75, 3.05) is 103 Å². The first-order chi connectivity index (χ1) is 29.8. The third-order valence-corrected chi connectivity index (χ3v) is 13.5. The quantitative estimate of drug-likeness (QED) is 0.205. The molecule has 4 fully saturated rings. The number of amides is 4. The zero-order chi connectivity index (χ0) is 43.8. The number of benzene rings is 2. The van der Waals surface area contributed by atoms with Gasteiger partial charge in [-0.2, -0.15) is 13.2 Å². The van der Waals surface area contributed by atoms with Gasteiger partial charge in [-0.15, -0.1) is 0 Å². The number of piperidine rings is 3. The zero-order valence-electron chi connectivity index (χ0n) is 35.4. The second kappa shape index (κ2) is 20.9. The van der Waals surface area contributed by atoms with Crippen LogP contribution in [0.5, 0.6) is 0 Å². The van der Waals surface area contributed by atoms with Crippen LogP contribution in [0.3, 0.4) is 0 Å². The zero-order valence-corrected chi connectivity index (χ0v) is 36.1. The number of nitrogens with zero attached hydrogens (tertiary/aromatic N) is 6. The highest BCUT2D eigenvalue weighted by molar-refractivity contribution is 6.33. The number of carbonyl (C=O) groups is 4. The molecule has 3 N–H and O–H groups in total. The number of ether oxygens (including phenoxy) is 2. The summed E-state index contributed by atoms with van der Waals surface area (Å²) in [4.78, 5) is 65.4. The van der Waals surface area contributed by atoms with E-state index < -0.39 is 35.5 Å². The summed E-state index contributed by atoms with van der Waals surface area (Å²) < 4.78 is 53.2. The van der Waals surface area contributed by atoms with Gasteiger partial charge in [0.15, 0.2) is 6.10 Å². The van der Waals surface area contributed by atoms with E-state index in [0.29, 0.717) is 77.6 Å². The van der Waals surface area contributed by atoms with E-state index in [4.69, 9.17) is 26.8 Å². The van der Waals surface area contributed by atoms with E-state index in [1.165, 1.54) is 30.2 Å². The van der Waals surface area contributed by atoms with Gasteiger partial charge in [-0.1, -0.05) is 36.2 Å². The summed E-state index contributed by atoms with van der Waals surface area (Å²) in [7, 11) is 0. The summed E-state index contributed by atoms with van der Waals surface area (Å²) in [6.45, 7) is 8.71. The Morgan fingerprint density at radius 3 is 2.21 bits per heavy atom. The molecule has 14 nitrogen and oxygen atoms in total. The van der Waals surface area contributed by atoms with Gasteiger partial charge in [0, 0.05) is 83.1 Å². The van der Waals surface area contributed by atoms with Crippen LogP contribution in [0.1, 0.15) is 68.1 Å². The number of urea groups is 1. The molecule has 1 atom stereocenters. The number of alkyl halides is 3. The normalized spacial score (nSPS) is 20.9. The van der Waals surface area contributed by atoms with E-state index in [-0.39, 0.29) is 48.1 Å². The molecule has 62 heavy (non-hydrogen) atoms. The molecule has 7 rings (SSSR count). The number of piperazine rings is 1. The molecule has 0 aromatic heterocycles. The summed E-state index contributed by atoms with van der Waals surface area (Å²) >= 11 is 6.16. The van der Waals surface area contributed by atoms with Crippen molar-refractivity contribution in [2.45, 2.75) is 88.6 Å². The number of carbonyl (C=O) groups excluding carboxylic acids is 4. The lowest BCUT2D eigenvalue weighted by Crippen LogP contribution is -2.56. The van der Waals surface area contributed by atoms with Crippen LogP contribution in [0.4, 0.5) is 34.1 Å². The first kappa shape index (κ1) is 45.7. The van der Waals surface area contributed by atoms with Crippen LogP contribution in [-0.4, -0.2) is 163 Å². The highest BCUT2D eigenvalue weighted by Crippen LogP contribution is 2.38. The van der Waals surface area contributed by atoms with Gasteiger partial charge in [0.1, 0.15) is 6.61 Å².